The van der Waals surface area contributed by atoms with Crippen molar-refractivity contribution in [1.29, 1.82) is 0 Å². The van der Waals surface area contributed by atoms with Gasteiger partial charge in [0.15, 0.2) is 0 Å². The first-order valence-corrected chi connectivity index (χ1v) is 7.60. The number of amides is 1. The van der Waals surface area contributed by atoms with Crippen molar-refractivity contribution in [3.63, 3.8) is 0 Å². The number of aryl methyl sites for hydroxylation is 2. The molecule has 0 aliphatic carbocycles. The van der Waals surface area contributed by atoms with Crippen LogP contribution in [0, 0.1) is 5.92 Å². The molecule has 1 rings (SSSR count). The van der Waals surface area contributed by atoms with Crippen LogP contribution < -0.4 is 10.9 Å². The van der Waals surface area contributed by atoms with Gasteiger partial charge in [0.2, 0.25) is 0 Å². The van der Waals surface area contributed by atoms with Crippen molar-refractivity contribution in [3.05, 3.63) is 33.2 Å². The zero-order valence-electron chi connectivity index (χ0n) is 13.0. The third-order valence-electron chi connectivity index (χ3n) is 3.90. The summed E-state index contributed by atoms with van der Waals surface area (Å²) in [6.45, 7) is 8.87. The SMILES string of the molecule is CCc1cc(C(=O)NCC(CC)CC)c(=O)[nH]c1CC. The van der Waals surface area contributed by atoms with Gasteiger partial charge in [-0.1, -0.05) is 40.5 Å². The van der Waals surface area contributed by atoms with E-state index in [1.807, 2.05) is 13.8 Å². The number of hydrogen-bond acceptors (Lipinski definition) is 2. The molecule has 2 N–H and O–H groups in total. The van der Waals surface area contributed by atoms with E-state index in [2.05, 4.69) is 24.1 Å². The molecule has 0 saturated carbocycles. The zero-order chi connectivity index (χ0) is 15.1. The van der Waals surface area contributed by atoms with E-state index in [1.165, 1.54) is 0 Å². The molecule has 0 spiro atoms. The second-order valence-electron chi connectivity index (χ2n) is 5.12. The van der Waals surface area contributed by atoms with Crippen molar-refractivity contribution in [1.82, 2.24) is 10.3 Å². The Morgan fingerprint density at radius 2 is 1.85 bits per heavy atom. The lowest BCUT2D eigenvalue weighted by atomic mass is 10.0. The molecule has 0 aromatic carbocycles. The Balaban J connectivity index is 2.90. The summed E-state index contributed by atoms with van der Waals surface area (Å²) in [5.41, 5.74) is 1.90. The van der Waals surface area contributed by atoms with Crippen molar-refractivity contribution < 1.29 is 4.79 Å². The third kappa shape index (κ3) is 3.95. The Bertz CT molecular complexity index is 502. The molecule has 4 heteroatoms. The second-order valence-corrected chi connectivity index (χ2v) is 5.12. The highest BCUT2D eigenvalue weighted by Gasteiger charge is 2.14. The quantitative estimate of drug-likeness (QED) is 0.805. The van der Waals surface area contributed by atoms with Gasteiger partial charge in [0.05, 0.1) is 0 Å². The van der Waals surface area contributed by atoms with Gasteiger partial charge in [-0.25, -0.2) is 0 Å². The van der Waals surface area contributed by atoms with Crippen LogP contribution in [0.1, 0.15) is 62.2 Å². The lowest BCUT2D eigenvalue weighted by Crippen LogP contribution is -2.33. The van der Waals surface area contributed by atoms with Crippen LogP contribution in [0.5, 0.6) is 0 Å². The Kier molecular flexibility index (Phi) is 6.49. The molecule has 0 unspecified atom stereocenters. The minimum atomic E-state index is -0.291. The highest BCUT2D eigenvalue weighted by molar-refractivity contribution is 5.94. The van der Waals surface area contributed by atoms with E-state index in [-0.39, 0.29) is 17.0 Å². The summed E-state index contributed by atoms with van der Waals surface area (Å²) >= 11 is 0. The van der Waals surface area contributed by atoms with Crippen molar-refractivity contribution in [2.24, 2.45) is 5.92 Å². The summed E-state index contributed by atoms with van der Waals surface area (Å²) in [7, 11) is 0. The summed E-state index contributed by atoms with van der Waals surface area (Å²) in [5, 5.41) is 2.87. The van der Waals surface area contributed by atoms with Crippen LogP contribution in [0.15, 0.2) is 10.9 Å². The van der Waals surface area contributed by atoms with E-state index in [0.717, 1.165) is 36.9 Å². The number of nitrogens with one attached hydrogen (secondary N) is 2. The second kappa shape index (κ2) is 7.88. The number of carbonyl (C=O) groups is 1. The molecule has 0 radical (unpaired) electrons. The molecule has 4 nitrogen and oxygen atoms in total. The number of aromatic nitrogens is 1. The monoisotopic (exact) mass is 278 g/mol. The highest BCUT2D eigenvalue weighted by Crippen LogP contribution is 2.09. The van der Waals surface area contributed by atoms with Gasteiger partial charge in [0, 0.05) is 12.2 Å². The molecule has 0 saturated heterocycles. The molecule has 1 amide bonds. The fourth-order valence-corrected chi connectivity index (χ4v) is 2.32. The van der Waals surface area contributed by atoms with Crippen molar-refractivity contribution in [2.75, 3.05) is 6.54 Å². The fourth-order valence-electron chi connectivity index (χ4n) is 2.32. The van der Waals surface area contributed by atoms with Gasteiger partial charge in [0.25, 0.3) is 11.5 Å². The lowest BCUT2D eigenvalue weighted by molar-refractivity contribution is 0.0944. The molecular weight excluding hydrogens is 252 g/mol. The van der Waals surface area contributed by atoms with Crippen LogP contribution in [0.25, 0.3) is 0 Å². The van der Waals surface area contributed by atoms with Crippen LogP contribution in [0.3, 0.4) is 0 Å². The van der Waals surface area contributed by atoms with E-state index >= 15 is 0 Å². The fraction of sp³-hybridized carbons (Fsp3) is 0.625. The minimum absolute atomic E-state index is 0.227. The number of rotatable bonds is 7. The number of H-pyrrole nitrogens is 1. The number of aromatic amines is 1. The van der Waals surface area contributed by atoms with Gasteiger partial charge in [-0.3, -0.25) is 9.59 Å². The Labute approximate surface area is 121 Å². The topological polar surface area (TPSA) is 62.0 Å². The summed E-state index contributed by atoms with van der Waals surface area (Å²) in [5.74, 6) is 0.203. The first-order valence-electron chi connectivity index (χ1n) is 7.60. The molecule has 0 aliphatic heterocycles. The number of carbonyl (C=O) groups excluding carboxylic acids is 1. The smallest absolute Gasteiger partial charge is 0.261 e. The van der Waals surface area contributed by atoms with Crippen LogP contribution in [-0.4, -0.2) is 17.4 Å². The van der Waals surface area contributed by atoms with E-state index in [9.17, 15) is 9.59 Å². The average molecular weight is 278 g/mol. The Hall–Kier alpha value is -1.58. The standard InChI is InChI=1S/C16H26N2O2/c1-5-11(6-2)10-17-15(19)13-9-12(7-3)14(8-4)18-16(13)20/h9,11H,5-8,10H2,1-4H3,(H,17,19)(H,18,20). The van der Waals surface area contributed by atoms with E-state index < -0.39 is 0 Å². The predicted octanol–water partition coefficient (Wildman–Crippen LogP) is 2.67. The van der Waals surface area contributed by atoms with E-state index in [4.69, 9.17) is 0 Å². The van der Waals surface area contributed by atoms with Gasteiger partial charge < -0.3 is 10.3 Å². The van der Waals surface area contributed by atoms with Crippen molar-refractivity contribution in [3.8, 4) is 0 Å². The molecule has 0 aliphatic rings. The van der Waals surface area contributed by atoms with Gasteiger partial charge in [-0.05, 0) is 30.4 Å². The van der Waals surface area contributed by atoms with Crippen LogP contribution >= 0.6 is 0 Å². The van der Waals surface area contributed by atoms with Crippen LogP contribution in [0.4, 0.5) is 0 Å². The zero-order valence-corrected chi connectivity index (χ0v) is 13.0. The van der Waals surface area contributed by atoms with E-state index in [1.54, 1.807) is 6.07 Å². The maximum absolute atomic E-state index is 12.1. The number of pyridine rings is 1. The van der Waals surface area contributed by atoms with Crippen molar-refractivity contribution in [2.45, 2.75) is 53.4 Å². The Morgan fingerprint density at radius 1 is 1.20 bits per heavy atom. The first kappa shape index (κ1) is 16.5. The molecular formula is C16H26N2O2. The van der Waals surface area contributed by atoms with Gasteiger partial charge in [0.1, 0.15) is 5.56 Å². The number of hydrogen-bond donors (Lipinski definition) is 2. The maximum Gasteiger partial charge on any atom is 0.261 e. The molecule has 1 aromatic rings. The molecule has 0 atom stereocenters. The summed E-state index contributed by atoms with van der Waals surface area (Å²) < 4.78 is 0. The minimum Gasteiger partial charge on any atom is -0.352 e. The predicted molar refractivity (Wildman–Crippen MR) is 82.2 cm³/mol. The molecule has 0 fully saturated rings. The van der Waals surface area contributed by atoms with Crippen LogP contribution in [-0.2, 0) is 12.8 Å². The molecule has 1 aromatic heterocycles. The van der Waals surface area contributed by atoms with Gasteiger partial charge >= 0.3 is 0 Å². The highest BCUT2D eigenvalue weighted by atomic mass is 16.2. The maximum atomic E-state index is 12.1. The van der Waals surface area contributed by atoms with E-state index in [0.29, 0.717) is 12.5 Å². The first-order chi connectivity index (χ1) is 9.57. The molecule has 1 heterocycles. The van der Waals surface area contributed by atoms with Gasteiger partial charge in [-0.15, -0.1) is 0 Å². The average Bonchev–Trinajstić information content (AvgIpc) is 2.47. The summed E-state index contributed by atoms with van der Waals surface area (Å²) in [6.07, 6.45) is 3.64. The van der Waals surface area contributed by atoms with Crippen molar-refractivity contribution >= 4 is 5.91 Å². The normalized spacial score (nSPS) is 10.8. The molecule has 112 valence electrons. The molecule has 0 bridgehead atoms. The van der Waals surface area contributed by atoms with Crippen LogP contribution in [0.2, 0.25) is 0 Å². The molecule has 20 heavy (non-hydrogen) atoms. The summed E-state index contributed by atoms with van der Waals surface area (Å²) in [4.78, 5) is 26.9. The Morgan fingerprint density at radius 3 is 2.35 bits per heavy atom. The third-order valence-corrected chi connectivity index (χ3v) is 3.90. The lowest BCUT2D eigenvalue weighted by Gasteiger charge is -2.14. The van der Waals surface area contributed by atoms with Gasteiger partial charge in [-0.2, -0.15) is 0 Å². The largest absolute Gasteiger partial charge is 0.352 e. The summed E-state index contributed by atoms with van der Waals surface area (Å²) in [6, 6.07) is 1.74.